The van der Waals surface area contributed by atoms with E-state index in [1.165, 1.54) is 16.7 Å². The lowest BCUT2D eigenvalue weighted by Gasteiger charge is -2.33. The van der Waals surface area contributed by atoms with Crippen LogP contribution in [0.15, 0.2) is 66.7 Å². The molecule has 0 aromatic heterocycles. The highest BCUT2D eigenvalue weighted by atomic mass is 16.6. The first-order chi connectivity index (χ1) is 21.4. The second-order valence-corrected chi connectivity index (χ2v) is 11.9. The first kappa shape index (κ1) is 31.8. The van der Waals surface area contributed by atoms with Crippen molar-refractivity contribution in [2.75, 3.05) is 39.5 Å². The predicted octanol–water partition coefficient (Wildman–Crippen LogP) is 5.52. The molecule has 8 nitrogen and oxygen atoms in total. The Morgan fingerprint density at radius 1 is 0.932 bits per heavy atom. The Morgan fingerprint density at radius 2 is 1.61 bits per heavy atom. The average molecular weight is 603 g/mol. The summed E-state index contributed by atoms with van der Waals surface area (Å²) >= 11 is 0. The van der Waals surface area contributed by atoms with Gasteiger partial charge in [0.05, 0.1) is 12.6 Å². The number of hydrogen-bond donors (Lipinski definition) is 2. The smallest absolute Gasteiger partial charge is 0.306 e. The van der Waals surface area contributed by atoms with Gasteiger partial charge >= 0.3 is 5.97 Å². The van der Waals surface area contributed by atoms with E-state index < -0.39 is 12.3 Å². The molecule has 44 heavy (non-hydrogen) atoms. The van der Waals surface area contributed by atoms with Crippen molar-refractivity contribution in [3.8, 4) is 17.2 Å². The number of aliphatic hydroxyl groups is 1. The molecule has 0 spiro atoms. The van der Waals surface area contributed by atoms with E-state index in [4.69, 9.17) is 18.9 Å². The van der Waals surface area contributed by atoms with Gasteiger partial charge in [0.15, 0.2) is 11.5 Å². The highest BCUT2D eigenvalue weighted by Crippen LogP contribution is 2.35. The number of fused-ring (bicyclic) bond motifs is 1. The second kappa shape index (κ2) is 15.9. The maximum absolute atomic E-state index is 13.3. The zero-order valence-electron chi connectivity index (χ0n) is 26.0. The Labute approximate surface area is 261 Å². The standard InChI is InChI=1S/C36H46N2O6/c1-26-8-12-28(13-9-26)6-5-7-35(40)44-36(29-14-17-32-33(24-29)43-23-22-42-32)31(25-38-19-3-4-20-38)37-34(39)18-21-41-30-15-10-27(2)11-16-30/h8-17,24,31,34,36-37,39H,3-7,18-23,25H2,1-2H3/t31-,34?,36-/m1/s1. The van der Waals surface area contributed by atoms with Crippen LogP contribution in [-0.4, -0.2) is 67.7 Å². The fourth-order valence-corrected chi connectivity index (χ4v) is 5.74. The molecule has 236 valence electrons. The summed E-state index contributed by atoms with van der Waals surface area (Å²) in [6.07, 6.45) is 2.96. The molecule has 3 atom stereocenters. The van der Waals surface area contributed by atoms with Crippen LogP contribution < -0.4 is 19.5 Å². The minimum atomic E-state index is -0.854. The van der Waals surface area contributed by atoms with Crippen LogP contribution in [0, 0.1) is 13.8 Å². The van der Waals surface area contributed by atoms with Gasteiger partial charge in [-0.15, -0.1) is 0 Å². The SMILES string of the molecule is Cc1ccc(CCCC(=O)O[C@H](c2ccc3c(c2)OCCO3)[C@@H](CN2CCCC2)NC(O)CCOc2ccc(C)cc2)cc1. The zero-order valence-corrected chi connectivity index (χ0v) is 26.0. The third kappa shape index (κ3) is 9.45. The highest BCUT2D eigenvalue weighted by molar-refractivity contribution is 5.70. The maximum Gasteiger partial charge on any atom is 0.306 e. The predicted molar refractivity (Wildman–Crippen MR) is 170 cm³/mol. The molecule has 2 N–H and O–H groups in total. The van der Waals surface area contributed by atoms with Crippen LogP contribution in [-0.2, 0) is 16.0 Å². The normalized spacial score (nSPS) is 16.7. The lowest BCUT2D eigenvalue weighted by atomic mass is 9.99. The summed E-state index contributed by atoms with van der Waals surface area (Å²) in [6.45, 7) is 8.00. The van der Waals surface area contributed by atoms with E-state index in [2.05, 4.69) is 41.4 Å². The molecular formula is C36H46N2O6. The summed E-state index contributed by atoms with van der Waals surface area (Å²) < 4.78 is 23.8. The molecule has 2 aliphatic rings. The van der Waals surface area contributed by atoms with Crippen LogP contribution in [0.25, 0.3) is 0 Å². The van der Waals surface area contributed by atoms with Crippen molar-refractivity contribution in [2.45, 2.75) is 70.7 Å². The molecule has 0 radical (unpaired) electrons. The van der Waals surface area contributed by atoms with E-state index in [1.807, 2.05) is 49.4 Å². The molecule has 1 saturated heterocycles. The van der Waals surface area contributed by atoms with Crippen molar-refractivity contribution in [2.24, 2.45) is 0 Å². The number of aryl methyl sites for hydroxylation is 3. The number of rotatable bonds is 15. The number of ether oxygens (including phenoxy) is 4. The van der Waals surface area contributed by atoms with Crippen LogP contribution in [0.5, 0.6) is 17.2 Å². The third-order valence-electron chi connectivity index (χ3n) is 8.23. The van der Waals surface area contributed by atoms with E-state index in [-0.39, 0.29) is 12.0 Å². The van der Waals surface area contributed by atoms with E-state index in [9.17, 15) is 9.90 Å². The number of likely N-dealkylation sites (tertiary alicyclic amines) is 1. The summed E-state index contributed by atoms with van der Waals surface area (Å²) in [4.78, 5) is 15.7. The molecule has 2 heterocycles. The van der Waals surface area contributed by atoms with E-state index in [1.54, 1.807) is 0 Å². The second-order valence-electron chi connectivity index (χ2n) is 11.9. The Balaban J connectivity index is 1.29. The molecule has 8 heteroatoms. The third-order valence-corrected chi connectivity index (χ3v) is 8.23. The number of aliphatic hydroxyl groups excluding tert-OH is 1. The minimum absolute atomic E-state index is 0.262. The number of nitrogens with one attached hydrogen (secondary N) is 1. The van der Waals surface area contributed by atoms with Crippen molar-refractivity contribution in [3.05, 3.63) is 89.0 Å². The molecule has 0 saturated carbocycles. The molecule has 1 fully saturated rings. The number of carbonyl (C=O) groups is 1. The number of benzene rings is 3. The summed E-state index contributed by atoms with van der Waals surface area (Å²) in [5.74, 6) is 1.83. The first-order valence-corrected chi connectivity index (χ1v) is 15.9. The van der Waals surface area contributed by atoms with E-state index >= 15 is 0 Å². The van der Waals surface area contributed by atoms with Gasteiger partial charge in [0.1, 0.15) is 31.3 Å². The summed E-state index contributed by atoms with van der Waals surface area (Å²) in [7, 11) is 0. The zero-order chi connectivity index (χ0) is 30.7. The molecule has 3 aromatic carbocycles. The van der Waals surface area contributed by atoms with Gasteiger partial charge in [-0.25, -0.2) is 0 Å². The Bertz CT molecular complexity index is 1320. The molecule has 0 aliphatic carbocycles. The van der Waals surface area contributed by atoms with Crippen molar-refractivity contribution >= 4 is 5.97 Å². The molecular weight excluding hydrogens is 556 g/mol. The lowest BCUT2D eigenvalue weighted by molar-refractivity contribution is -0.152. The van der Waals surface area contributed by atoms with Gasteiger partial charge in [0.2, 0.25) is 0 Å². The largest absolute Gasteiger partial charge is 0.493 e. The van der Waals surface area contributed by atoms with Gasteiger partial charge in [0, 0.05) is 19.4 Å². The fraction of sp³-hybridized carbons (Fsp3) is 0.472. The van der Waals surface area contributed by atoms with Crippen LogP contribution >= 0.6 is 0 Å². The highest BCUT2D eigenvalue weighted by Gasteiger charge is 2.32. The van der Waals surface area contributed by atoms with Gasteiger partial charge in [-0.1, -0.05) is 53.6 Å². The van der Waals surface area contributed by atoms with Crippen LogP contribution in [0.4, 0.5) is 0 Å². The van der Waals surface area contributed by atoms with Crippen molar-refractivity contribution in [1.82, 2.24) is 10.2 Å². The van der Waals surface area contributed by atoms with Gasteiger partial charge in [-0.3, -0.25) is 10.1 Å². The number of hydrogen-bond acceptors (Lipinski definition) is 8. The molecule has 5 rings (SSSR count). The number of esters is 1. The van der Waals surface area contributed by atoms with Gasteiger partial charge in [-0.05, 0) is 88.0 Å². The molecule has 2 aliphatic heterocycles. The quantitative estimate of drug-likeness (QED) is 0.174. The topological polar surface area (TPSA) is 89.5 Å². The summed E-state index contributed by atoms with van der Waals surface area (Å²) in [5.41, 5.74) is 4.40. The van der Waals surface area contributed by atoms with Gasteiger partial charge < -0.3 is 29.0 Å². The van der Waals surface area contributed by atoms with E-state index in [0.717, 1.165) is 43.7 Å². The number of nitrogens with zero attached hydrogens (tertiary/aromatic N) is 1. The molecule has 1 unspecified atom stereocenters. The van der Waals surface area contributed by atoms with Gasteiger partial charge in [-0.2, -0.15) is 0 Å². The minimum Gasteiger partial charge on any atom is -0.493 e. The van der Waals surface area contributed by atoms with Crippen molar-refractivity contribution in [3.63, 3.8) is 0 Å². The van der Waals surface area contributed by atoms with Crippen LogP contribution in [0.1, 0.15) is 60.5 Å². The molecule has 0 bridgehead atoms. The van der Waals surface area contributed by atoms with Crippen molar-refractivity contribution in [1.29, 1.82) is 0 Å². The van der Waals surface area contributed by atoms with E-state index in [0.29, 0.717) is 57.1 Å². The molecule has 0 amide bonds. The van der Waals surface area contributed by atoms with Gasteiger partial charge in [0.25, 0.3) is 0 Å². The average Bonchev–Trinajstić information content (AvgIpc) is 3.54. The Kier molecular flexibility index (Phi) is 11.5. The monoisotopic (exact) mass is 602 g/mol. The first-order valence-electron chi connectivity index (χ1n) is 15.9. The molecule has 3 aromatic rings. The van der Waals surface area contributed by atoms with Crippen LogP contribution in [0.2, 0.25) is 0 Å². The van der Waals surface area contributed by atoms with Crippen LogP contribution in [0.3, 0.4) is 0 Å². The van der Waals surface area contributed by atoms with Crippen molar-refractivity contribution < 1.29 is 28.8 Å². The summed E-state index contributed by atoms with van der Waals surface area (Å²) in [6, 6.07) is 21.6. The fourth-order valence-electron chi connectivity index (χ4n) is 5.74. The lowest BCUT2D eigenvalue weighted by Crippen LogP contribution is -2.49. The number of carbonyl (C=O) groups excluding carboxylic acids is 1. The Hall–Kier alpha value is -3.59. The Morgan fingerprint density at radius 3 is 2.34 bits per heavy atom. The maximum atomic E-state index is 13.3. The summed E-state index contributed by atoms with van der Waals surface area (Å²) in [5, 5.41) is 14.5.